The number of rotatable bonds is 8. The minimum absolute atomic E-state index is 0.0163. The van der Waals surface area contributed by atoms with E-state index in [1.807, 2.05) is 69.5 Å². The zero-order valence-corrected chi connectivity index (χ0v) is 17.5. The normalized spacial score (nSPS) is 11.5. The predicted octanol–water partition coefficient (Wildman–Crippen LogP) is 3.37. The molecule has 0 bridgehead atoms. The Kier molecular flexibility index (Phi) is 8.18. The fourth-order valence-corrected chi connectivity index (χ4v) is 2.62. The third-order valence-corrected chi connectivity index (χ3v) is 4.21. The smallest absolute Gasteiger partial charge is 0.318 e. The first kappa shape index (κ1) is 22.1. The molecule has 26 heavy (non-hydrogen) atoms. The molecular formula is C20H36N4O2. The molecule has 1 aromatic heterocycles. The molecule has 0 atom stereocenters. The van der Waals surface area contributed by atoms with Crippen LogP contribution in [0.4, 0.5) is 4.79 Å². The fraction of sp³-hybridized carbons (Fsp3) is 0.700. The first-order chi connectivity index (χ1) is 12.0. The molecule has 0 radical (unpaired) electrons. The van der Waals surface area contributed by atoms with Crippen LogP contribution < -0.4 is 5.32 Å². The molecule has 0 saturated carbocycles. The number of nitrogens with zero attached hydrogens (tertiary/aromatic N) is 3. The van der Waals surface area contributed by atoms with Crippen LogP contribution in [-0.4, -0.2) is 51.0 Å². The molecule has 1 N–H and O–H groups in total. The highest BCUT2D eigenvalue weighted by Crippen LogP contribution is 2.10. The van der Waals surface area contributed by atoms with Gasteiger partial charge in [0.2, 0.25) is 5.91 Å². The molecule has 6 nitrogen and oxygen atoms in total. The molecule has 0 aromatic carbocycles. The van der Waals surface area contributed by atoms with E-state index in [1.165, 1.54) is 0 Å². The molecule has 0 aliphatic rings. The Balaban J connectivity index is 2.86. The van der Waals surface area contributed by atoms with Gasteiger partial charge in [-0.05, 0) is 53.2 Å². The van der Waals surface area contributed by atoms with Crippen LogP contribution in [0.2, 0.25) is 0 Å². The van der Waals surface area contributed by atoms with Gasteiger partial charge in [-0.2, -0.15) is 0 Å². The Morgan fingerprint density at radius 2 is 1.92 bits per heavy atom. The van der Waals surface area contributed by atoms with Crippen molar-refractivity contribution in [3.63, 3.8) is 0 Å². The Hall–Kier alpha value is -1.98. The highest BCUT2D eigenvalue weighted by Gasteiger charge is 2.26. The van der Waals surface area contributed by atoms with Gasteiger partial charge in [-0.1, -0.05) is 13.3 Å². The summed E-state index contributed by atoms with van der Waals surface area (Å²) in [6.45, 7) is 13.2. The minimum atomic E-state index is -0.335. The molecule has 0 spiro atoms. The minimum Gasteiger partial charge on any atom is -0.353 e. The molecule has 6 heteroatoms. The summed E-state index contributed by atoms with van der Waals surface area (Å²) in [5.41, 5.74) is 0.753. The van der Waals surface area contributed by atoms with Crippen LogP contribution in [0.15, 0.2) is 18.3 Å². The quantitative estimate of drug-likeness (QED) is 0.769. The number of urea groups is 1. The lowest BCUT2D eigenvalue weighted by atomic mass is 10.1. The number of amides is 3. The summed E-state index contributed by atoms with van der Waals surface area (Å²) < 4.78 is 2.03. The lowest BCUT2D eigenvalue weighted by Gasteiger charge is -2.32. The molecule has 148 valence electrons. The molecule has 3 amide bonds. The molecular weight excluding hydrogens is 328 g/mol. The number of carbonyl (C=O) groups is 2. The van der Waals surface area contributed by atoms with Gasteiger partial charge >= 0.3 is 6.03 Å². The Bertz CT molecular complexity index is 587. The van der Waals surface area contributed by atoms with Gasteiger partial charge in [0, 0.05) is 37.1 Å². The summed E-state index contributed by atoms with van der Waals surface area (Å²) in [6.07, 6.45) is 3.95. The zero-order valence-electron chi connectivity index (χ0n) is 17.5. The maximum atomic E-state index is 13.0. The van der Waals surface area contributed by atoms with E-state index in [-0.39, 0.29) is 30.1 Å². The highest BCUT2D eigenvalue weighted by molar-refractivity contribution is 5.84. The van der Waals surface area contributed by atoms with E-state index in [9.17, 15) is 9.59 Å². The molecule has 0 aliphatic carbocycles. The second kappa shape index (κ2) is 9.64. The van der Waals surface area contributed by atoms with Gasteiger partial charge in [0.1, 0.15) is 6.54 Å². The second-order valence-corrected chi connectivity index (χ2v) is 8.18. The molecule has 0 saturated heterocycles. The van der Waals surface area contributed by atoms with Crippen molar-refractivity contribution in [1.29, 1.82) is 0 Å². The van der Waals surface area contributed by atoms with Crippen molar-refractivity contribution in [2.45, 2.75) is 72.5 Å². The third-order valence-electron chi connectivity index (χ3n) is 4.21. The number of nitrogens with one attached hydrogen (secondary N) is 1. The van der Waals surface area contributed by atoms with Gasteiger partial charge in [0.15, 0.2) is 0 Å². The van der Waals surface area contributed by atoms with Gasteiger partial charge in [0.25, 0.3) is 0 Å². The molecule has 1 aromatic rings. The second-order valence-electron chi connectivity index (χ2n) is 8.18. The van der Waals surface area contributed by atoms with Crippen LogP contribution in [0.3, 0.4) is 0 Å². The predicted molar refractivity (Wildman–Crippen MR) is 106 cm³/mol. The Morgan fingerprint density at radius 3 is 2.38 bits per heavy atom. The standard InChI is InChI=1S/C20H36N4O2/c1-8-9-13-23(14-17-11-10-12-22(17)7)18(25)15-24(16(2)3)19(26)21-20(4,5)6/h10-12,16H,8-9,13-15H2,1-7H3,(H,21,26). The number of aromatic nitrogens is 1. The van der Waals surface area contributed by atoms with Gasteiger partial charge in [0.05, 0.1) is 6.54 Å². The summed E-state index contributed by atoms with van der Waals surface area (Å²) in [6, 6.07) is 3.76. The van der Waals surface area contributed by atoms with Crippen molar-refractivity contribution in [3.05, 3.63) is 24.0 Å². The van der Waals surface area contributed by atoms with Gasteiger partial charge in [-0.15, -0.1) is 0 Å². The van der Waals surface area contributed by atoms with E-state index in [1.54, 1.807) is 4.90 Å². The van der Waals surface area contributed by atoms with Gasteiger partial charge < -0.3 is 19.7 Å². The Morgan fingerprint density at radius 1 is 1.27 bits per heavy atom. The molecule has 0 fully saturated rings. The van der Waals surface area contributed by atoms with Crippen molar-refractivity contribution >= 4 is 11.9 Å². The fourth-order valence-electron chi connectivity index (χ4n) is 2.62. The third kappa shape index (κ3) is 7.10. The van der Waals surface area contributed by atoms with E-state index in [0.29, 0.717) is 13.1 Å². The lowest BCUT2D eigenvalue weighted by Crippen LogP contribution is -2.53. The van der Waals surface area contributed by atoms with Crippen LogP contribution in [0.1, 0.15) is 60.1 Å². The van der Waals surface area contributed by atoms with Crippen molar-refractivity contribution in [1.82, 2.24) is 19.7 Å². The van der Waals surface area contributed by atoms with E-state index in [0.717, 1.165) is 18.5 Å². The van der Waals surface area contributed by atoms with E-state index >= 15 is 0 Å². The molecule has 0 unspecified atom stereocenters. The number of unbranched alkanes of at least 4 members (excludes halogenated alkanes) is 1. The molecule has 1 heterocycles. The van der Waals surface area contributed by atoms with E-state index in [4.69, 9.17) is 0 Å². The summed E-state index contributed by atoms with van der Waals surface area (Å²) in [5.74, 6) is -0.0163. The molecule has 0 aliphatic heterocycles. The maximum absolute atomic E-state index is 13.0. The summed E-state index contributed by atoms with van der Waals surface area (Å²) >= 11 is 0. The van der Waals surface area contributed by atoms with Crippen LogP contribution >= 0.6 is 0 Å². The maximum Gasteiger partial charge on any atom is 0.318 e. The number of hydrogen-bond acceptors (Lipinski definition) is 2. The average molecular weight is 365 g/mol. The van der Waals surface area contributed by atoms with Crippen molar-refractivity contribution in [2.24, 2.45) is 7.05 Å². The zero-order chi connectivity index (χ0) is 19.9. The monoisotopic (exact) mass is 364 g/mol. The summed E-state index contributed by atoms with van der Waals surface area (Å²) in [4.78, 5) is 29.0. The van der Waals surface area contributed by atoms with Gasteiger partial charge in [-0.3, -0.25) is 4.79 Å². The van der Waals surface area contributed by atoms with Crippen LogP contribution in [0.5, 0.6) is 0 Å². The largest absolute Gasteiger partial charge is 0.353 e. The van der Waals surface area contributed by atoms with Gasteiger partial charge in [-0.25, -0.2) is 4.79 Å². The highest BCUT2D eigenvalue weighted by atomic mass is 16.2. The average Bonchev–Trinajstić information content (AvgIpc) is 2.91. The van der Waals surface area contributed by atoms with Crippen molar-refractivity contribution in [3.8, 4) is 0 Å². The van der Waals surface area contributed by atoms with Crippen LogP contribution in [-0.2, 0) is 18.4 Å². The van der Waals surface area contributed by atoms with Crippen LogP contribution in [0, 0.1) is 0 Å². The number of hydrogen-bond donors (Lipinski definition) is 1. The van der Waals surface area contributed by atoms with Crippen molar-refractivity contribution < 1.29 is 9.59 Å². The summed E-state index contributed by atoms with van der Waals surface area (Å²) in [5, 5.41) is 2.95. The SMILES string of the molecule is CCCCN(Cc1cccn1C)C(=O)CN(C(=O)NC(C)(C)C)C(C)C. The first-order valence-electron chi connectivity index (χ1n) is 9.52. The number of aryl methyl sites for hydroxylation is 1. The lowest BCUT2D eigenvalue weighted by molar-refractivity contribution is -0.133. The van der Waals surface area contributed by atoms with E-state index in [2.05, 4.69) is 12.2 Å². The van der Waals surface area contributed by atoms with E-state index < -0.39 is 0 Å². The van der Waals surface area contributed by atoms with Crippen LogP contribution in [0.25, 0.3) is 0 Å². The van der Waals surface area contributed by atoms with Crippen molar-refractivity contribution in [2.75, 3.05) is 13.1 Å². The number of carbonyl (C=O) groups excluding carboxylic acids is 2. The topological polar surface area (TPSA) is 57.6 Å². The summed E-state index contributed by atoms with van der Waals surface area (Å²) in [7, 11) is 1.98. The first-order valence-corrected chi connectivity index (χ1v) is 9.52. The molecule has 1 rings (SSSR count). The Labute approximate surface area is 158 Å².